The first-order valence-corrected chi connectivity index (χ1v) is 4.43. The van der Waals surface area contributed by atoms with Gasteiger partial charge in [-0.2, -0.15) is 0 Å². The third-order valence-corrected chi connectivity index (χ3v) is 1.44. The van der Waals surface area contributed by atoms with Crippen molar-refractivity contribution in [2.24, 2.45) is 5.73 Å². The Morgan fingerprint density at radius 1 is 1.23 bits per heavy atom. The fourth-order valence-corrected chi connectivity index (χ4v) is 0.750. The number of nitrogens with two attached hydrogens (primary N) is 1. The number of amides is 2. The average molecular weight is 184 g/mol. The smallest absolute Gasteiger partial charge is 0.250 e. The van der Waals surface area contributed by atoms with Crippen molar-refractivity contribution >= 4 is 11.8 Å². The summed E-state index contributed by atoms with van der Waals surface area (Å²) in [6, 6.07) is 0. The summed E-state index contributed by atoms with van der Waals surface area (Å²) in [5, 5.41) is 2.03. The second kappa shape index (κ2) is 7.49. The molecule has 1 rings (SSSR count). The van der Waals surface area contributed by atoms with Gasteiger partial charge in [-0.25, -0.2) is 0 Å². The van der Waals surface area contributed by atoms with Crippen LogP contribution in [-0.2, 0) is 9.59 Å². The van der Waals surface area contributed by atoms with Crippen molar-refractivity contribution in [3.05, 3.63) is 12.2 Å². The Kier molecular flexibility index (Phi) is 6.82. The van der Waals surface area contributed by atoms with E-state index in [1.165, 1.54) is 31.4 Å². The SMILES string of the molecule is CCCCCN.O=C1C=CC(=O)N1. The number of rotatable bonds is 3. The molecular weight excluding hydrogens is 168 g/mol. The molecule has 0 spiro atoms. The van der Waals surface area contributed by atoms with E-state index < -0.39 is 0 Å². The molecule has 74 valence electrons. The number of unbranched alkanes of at least 4 members (excludes halogenated alkanes) is 2. The molecular formula is C9H16N2O2. The molecule has 0 fully saturated rings. The summed E-state index contributed by atoms with van der Waals surface area (Å²) in [5.41, 5.74) is 5.21. The first-order valence-electron chi connectivity index (χ1n) is 4.43. The Bertz CT molecular complexity index is 180. The molecule has 4 heteroatoms. The fourth-order valence-electron chi connectivity index (χ4n) is 0.750. The van der Waals surface area contributed by atoms with E-state index in [1.54, 1.807) is 0 Å². The first-order chi connectivity index (χ1) is 6.20. The van der Waals surface area contributed by atoms with E-state index in [2.05, 4.69) is 6.92 Å². The van der Waals surface area contributed by atoms with Gasteiger partial charge in [-0.05, 0) is 13.0 Å². The highest BCUT2D eigenvalue weighted by Crippen LogP contribution is 1.88. The molecule has 3 N–H and O–H groups in total. The van der Waals surface area contributed by atoms with Crippen LogP contribution < -0.4 is 11.1 Å². The molecule has 13 heavy (non-hydrogen) atoms. The van der Waals surface area contributed by atoms with Gasteiger partial charge in [-0.1, -0.05) is 19.8 Å². The molecule has 0 radical (unpaired) electrons. The van der Waals surface area contributed by atoms with Crippen molar-refractivity contribution in [3.63, 3.8) is 0 Å². The summed E-state index contributed by atoms with van der Waals surface area (Å²) in [4.78, 5) is 20.1. The second-order valence-electron chi connectivity index (χ2n) is 2.68. The fraction of sp³-hybridized carbons (Fsp3) is 0.556. The van der Waals surface area contributed by atoms with E-state index in [0.29, 0.717) is 0 Å². The van der Waals surface area contributed by atoms with Crippen LogP contribution in [0.3, 0.4) is 0 Å². The van der Waals surface area contributed by atoms with Crippen molar-refractivity contribution in [1.29, 1.82) is 0 Å². The largest absolute Gasteiger partial charge is 0.330 e. The lowest BCUT2D eigenvalue weighted by Gasteiger charge is -1.86. The topological polar surface area (TPSA) is 72.2 Å². The molecule has 4 nitrogen and oxygen atoms in total. The quantitative estimate of drug-likeness (QED) is 0.490. The van der Waals surface area contributed by atoms with Crippen LogP contribution in [0.4, 0.5) is 0 Å². The Morgan fingerprint density at radius 3 is 1.92 bits per heavy atom. The molecule has 0 saturated heterocycles. The van der Waals surface area contributed by atoms with Gasteiger partial charge in [-0.15, -0.1) is 0 Å². The number of nitrogens with one attached hydrogen (secondary N) is 1. The standard InChI is InChI=1S/C5H13N.C4H3NO2/c1-2-3-4-5-6;6-3-1-2-4(7)5-3/h2-6H2,1H3;1-2H,(H,5,6,7). The number of hydrogen-bond donors (Lipinski definition) is 2. The highest BCUT2D eigenvalue weighted by Gasteiger charge is 2.06. The van der Waals surface area contributed by atoms with Gasteiger partial charge in [0, 0.05) is 12.2 Å². The Morgan fingerprint density at radius 2 is 1.77 bits per heavy atom. The molecule has 1 aliphatic heterocycles. The van der Waals surface area contributed by atoms with Gasteiger partial charge < -0.3 is 5.73 Å². The Hall–Kier alpha value is -1.16. The van der Waals surface area contributed by atoms with Gasteiger partial charge in [0.1, 0.15) is 0 Å². The van der Waals surface area contributed by atoms with Crippen molar-refractivity contribution in [1.82, 2.24) is 5.32 Å². The molecule has 1 aliphatic rings. The van der Waals surface area contributed by atoms with Crippen molar-refractivity contribution < 1.29 is 9.59 Å². The lowest BCUT2D eigenvalue weighted by molar-refractivity contribution is -0.123. The monoisotopic (exact) mass is 184 g/mol. The highest BCUT2D eigenvalue weighted by atomic mass is 16.2. The number of imide groups is 1. The molecule has 0 saturated carbocycles. The third kappa shape index (κ3) is 7.21. The maximum absolute atomic E-state index is 10.0. The normalized spacial score (nSPS) is 13.7. The average Bonchev–Trinajstić information content (AvgIpc) is 2.47. The maximum atomic E-state index is 10.0. The van der Waals surface area contributed by atoms with Gasteiger partial charge in [0.05, 0.1) is 0 Å². The minimum absolute atomic E-state index is 0.329. The van der Waals surface area contributed by atoms with Crippen LogP contribution >= 0.6 is 0 Å². The predicted octanol–water partition coefficient (Wildman–Crippen LogP) is 0.334. The van der Waals surface area contributed by atoms with Crippen LogP contribution in [0, 0.1) is 0 Å². The van der Waals surface area contributed by atoms with Crippen LogP contribution in [0.5, 0.6) is 0 Å². The zero-order valence-corrected chi connectivity index (χ0v) is 7.88. The summed E-state index contributed by atoms with van der Waals surface area (Å²) < 4.78 is 0. The summed E-state index contributed by atoms with van der Waals surface area (Å²) >= 11 is 0. The Labute approximate surface area is 78.2 Å². The number of carbonyl (C=O) groups excluding carboxylic acids is 2. The van der Waals surface area contributed by atoms with E-state index in [0.717, 1.165) is 6.54 Å². The third-order valence-electron chi connectivity index (χ3n) is 1.44. The van der Waals surface area contributed by atoms with Gasteiger partial charge >= 0.3 is 0 Å². The van der Waals surface area contributed by atoms with Gasteiger partial charge in [-0.3, -0.25) is 14.9 Å². The van der Waals surface area contributed by atoms with E-state index in [9.17, 15) is 9.59 Å². The Balaban J connectivity index is 0.000000226. The summed E-state index contributed by atoms with van der Waals surface area (Å²) in [6.45, 7) is 3.03. The highest BCUT2D eigenvalue weighted by molar-refractivity contribution is 6.12. The maximum Gasteiger partial charge on any atom is 0.250 e. The minimum Gasteiger partial charge on any atom is -0.330 e. The minimum atomic E-state index is -0.329. The lowest BCUT2D eigenvalue weighted by Crippen LogP contribution is -2.19. The van der Waals surface area contributed by atoms with Gasteiger partial charge in [0.15, 0.2) is 0 Å². The molecule has 0 bridgehead atoms. The van der Waals surface area contributed by atoms with Crippen molar-refractivity contribution in [3.8, 4) is 0 Å². The zero-order valence-electron chi connectivity index (χ0n) is 7.88. The van der Waals surface area contributed by atoms with E-state index in [1.807, 2.05) is 5.32 Å². The van der Waals surface area contributed by atoms with Gasteiger partial charge in [0.2, 0.25) is 0 Å². The molecule has 0 aromatic heterocycles. The van der Waals surface area contributed by atoms with Crippen LogP contribution in [0.25, 0.3) is 0 Å². The van der Waals surface area contributed by atoms with E-state index >= 15 is 0 Å². The summed E-state index contributed by atoms with van der Waals surface area (Å²) in [6.07, 6.45) is 6.15. The van der Waals surface area contributed by atoms with Crippen LogP contribution in [-0.4, -0.2) is 18.4 Å². The molecule has 0 aromatic rings. The molecule has 2 amide bonds. The summed E-state index contributed by atoms with van der Waals surface area (Å²) in [5.74, 6) is -0.657. The predicted molar refractivity (Wildman–Crippen MR) is 50.9 cm³/mol. The van der Waals surface area contributed by atoms with E-state index in [-0.39, 0.29) is 11.8 Å². The zero-order chi connectivity index (χ0) is 10.1. The molecule has 1 heterocycles. The van der Waals surface area contributed by atoms with Crippen molar-refractivity contribution in [2.45, 2.75) is 26.2 Å². The van der Waals surface area contributed by atoms with Crippen LogP contribution in [0.2, 0.25) is 0 Å². The lowest BCUT2D eigenvalue weighted by atomic mass is 10.3. The summed E-state index contributed by atoms with van der Waals surface area (Å²) in [7, 11) is 0. The first kappa shape index (κ1) is 11.8. The molecule has 0 aliphatic carbocycles. The molecule has 0 atom stereocenters. The second-order valence-corrected chi connectivity index (χ2v) is 2.68. The van der Waals surface area contributed by atoms with Crippen LogP contribution in [0.1, 0.15) is 26.2 Å². The van der Waals surface area contributed by atoms with E-state index in [4.69, 9.17) is 5.73 Å². The van der Waals surface area contributed by atoms with Crippen molar-refractivity contribution in [2.75, 3.05) is 6.54 Å². The number of carbonyl (C=O) groups is 2. The van der Waals surface area contributed by atoms with Gasteiger partial charge in [0.25, 0.3) is 11.8 Å². The molecule has 0 aromatic carbocycles. The number of hydrogen-bond acceptors (Lipinski definition) is 3. The molecule has 0 unspecified atom stereocenters. The van der Waals surface area contributed by atoms with Crippen LogP contribution in [0.15, 0.2) is 12.2 Å².